The summed E-state index contributed by atoms with van der Waals surface area (Å²) in [5, 5.41) is 10.1. The van der Waals surface area contributed by atoms with Crippen LogP contribution in [0.1, 0.15) is 21.6 Å². The maximum atomic E-state index is 11.4. The van der Waals surface area contributed by atoms with Crippen LogP contribution < -0.4 is 0 Å². The largest absolute Gasteiger partial charge is 0.478 e. The van der Waals surface area contributed by atoms with E-state index in [-0.39, 0.29) is 5.56 Å². The number of hydrogen-bond donors (Lipinski definition) is 1. The third-order valence-corrected chi connectivity index (χ3v) is 3.11. The molecule has 0 aliphatic rings. The lowest BCUT2D eigenvalue weighted by molar-refractivity contribution is 0.0695. The van der Waals surface area contributed by atoms with Gasteiger partial charge in [0.1, 0.15) is 0 Å². The van der Waals surface area contributed by atoms with E-state index in [2.05, 4.69) is 9.97 Å². The zero-order valence-corrected chi connectivity index (χ0v) is 10.7. The molecule has 2 aromatic heterocycles. The molecular weight excluding hydrogens is 252 g/mol. The van der Waals surface area contributed by atoms with Gasteiger partial charge in [-0.1, -0.05) is 30.3 Å². The highest BCUT2D eigenvalue weighted by Gasteiger charge is 2.14. The molecule has 2 heterocycles. The molecule has 0 bridgehead atoms. The molecule has 20 heavy (non-hydrogen) atoms. The molecule has 0 radical (unpaired) electrons. The highest BCUT2D eigenvalue weighted by molar-refractivity contribution is 5.93. The van der Waals surface area contributed by atoms with Gasteiger partial charge in [0.25, 0.3) is 0 Å². The van der Waals surface area contributed by atoms with E-state index in [0.717, 1.165) is 10.9 Å². The first-order chi connectivity index (χ1) is 9.74. The first-order valence-corrected chi connectivity index (χ1v) is 6.26. The fourth-order valence-corrected chi connectivity index (χ4v) is 2.15. The quantitative estimate of drug-likeness (QED) is 0.790. The van der Waals surface area contributed by atoms with Crippen molar-refractivity contribution < 1.29 is 9.90 Å². The van der Waals surface area contributed by atoms with Gasteiger partial charge in [-0.15, -0.1) is 0 Å². The van der Waals surface area contributed by atoms with Crippen molar-refractivity contribution in [1.29, 1.82) is 0 Å². The molecule has 0 aliphatic heterocycles. The molecule has 98 valence electrons. The van der Waals surface area contributed by atoms with Crippen molar-refractivity contribution in [1.82, 2.24) is 9.97 Å². The summed E-state index contributed by atoms with van der Waals surface area (Å²) in [4.78, 5) is 20.0. The molecule has 4 heteroatoms. The van der Waals surface area contributed by atoms with Crippen LogP contribution in [0.5, 0.6) is 0 Å². The number of aromatic carboxylic acids is 1. The van der Waals surface area contributed by atoms with Crippen LogP contribution in [0.2, 0.25) is 0 Å². The molecule has 0 saturated heterocycles. The SMILES string of the molecule is O=C(O)c1cc2cccnc2nc1Cc1ccccc1. The summed E-state index contributed by atoms with van der Waals surface area (Å²) in [5.74, 6) is -0.964. The van der Waals surface area contributed by atoms with Gasteiger partial charge in [0.05, 0.1) is 11.3 Å². The molecule has 0 amide bonds. The number of aromatic nitrogens is 2. The van der Waals surface area contributed by atoms with Gasteiger partial charge in [0.15, 0.2) is 5.65 Å². The Morgan fingerprint density at radius 3 is 2.65 bits per heavy atom. The second-order valence-corrected chi connectivity index (χ2v) is 4.50. The number of hydrogen-bond acceptors (Lipinski definition) is 3. The minimum absolute atomic E-state index is 0.231. The summed E-state index contributed by atoms with van der Waals surface area (Å²) >= 11 is 0. The predicted molar refractivity (Wildman–Crippen MR) is 75.7 cm³/mol. The Morgan fingerprint density at radius 1 is 1.10 bits per heavy atom. The summed E-state index contributed by atoms with van der Waals surface area (Å²) in [6.07, 6.45) is 2.14. The van der Waals surface area contributed by atoms with Gasteiger partial charge in [-0.2, -0.15) is 0 Å². The lowest BCUT2D eigenvalue weighted by Crippen LogP contribution is -2.06. The summed E-state index contributed by atoms with van der Waals surface area (Å²) in [6.45, 7) is 0. The molecule has 0 fully saturated rings. The van der Waals surface area contributed by atoms with Crippen molar-refractivity contribution in [2.45, 2.75) is 6.42 Å². The van der Waals surface area contributed by atoms with E-state index >= 15 is 0 Å². The van der Waals surface area contributed by atoms with Gasteiger partial charge in [-0.05, 0) is 23.8 Å². The minimum atomic E-state index is -0.964. The van der Waals surface area contributed by atoms with E-state index < -0.39 is 5.97 Å². The van der Waals surface area contributed by atoms with E-state index in [0.29, 0.717) is 17.8 Å². The van der Waals surface area contributed by atoms with Crippen molar-refractivity contribution >= 4 is 17.0 Å². The maximum absolute atomic E-state index is 11.4. The van der Waals surface area contributed by atoms with E-state index in [9.17, 15) is 9.90 Å². The molecule has 1 N–H and O–H groups in total. The molecule has 0 spiro atoms. The molecule has 4 nitrogen and oxygen atoms in total. The van der Waals surface area contributed by atoms with E-state index in [1.807, 2.05) is 36.4 Å². The molecule has 0 atom stereocenters. The zero-order valence-electron chi connectivity index (χ0n) is 10.7. The van der Waals surface area contributed by atoms with Crippen LogP contribution >= 0.6 is 0 Å². The highest BCUT2D eigenvalue weighted by atomic mass is 16.4. The first-order valence-electron chi connectivity index (χ1n) is 6.26. The predicted octanol–water partition coefficient (Wildman–Crippen LogP) is 2.92. The number of rotatable bonds is 3. The third-order valence-electron chi connectivity index (χ3n) is 3.11. The number of carboxylic acid groups (broad SMARTS) is 1. The van der Waals surface area contributed by atoms with Crippen molar-refractivity contribution in [2.75, 3.05) is 0 Å². The maximum Gasteiger partial charge on any atom is 0.337 e. The number of carboxylic acids is 1. The Bertz CT molecular complexity index is 770. The average Bonchev–Trinajstić information content (AvgIpc) is 2.47. The smallest absolute Gasteiger partial charge is 0.337 e. The van der Waals surface area contributed by atoms with Gasteiger partial charge < -0.3 is 5.11 Å². The van der Waals surface area contributed by atoms with Crippen LogP contribution in [0.4, 0.5) is 0 Å². The Kier molecular flexibility index (Phi) is 3.13. The first kappa shape index (κ1) is 12.3. The number of pyridine rings is 2. The summed E-state index contributed by atoms with van der Waals surface area (Å²) < 4.78 is 0. The summed E-state index contributed by atoms with van der Waals surface area (Å²) in [7, 11) is 0. The van der Waals surface area contributed by atoms with E-state index in [1.54, 1.807) is 18.3 Å². The lowest BCUT2D eigenvalue weighted by Gasteiger charge is -2.07. The molecule has 0 aliphatic carbocycles. The number of carbonyl (C=O) groups is 1. The summed E-state index contributed by atoms with van der Waals surface area (Å²) in [6, 6.07) is 14.9. The third kappa shape index (κ3) is 2.36. The van der Waals surface area contributed by atoms with Gasteiger partial charge in [-0.25, -0.2) is 14.8 Å². The van der Waals surface area contributed by atoms with Crippen LogP contribution in [0.15, 0.2) is 54.7 Å². The molecular formula is C16H12N2O2. The Morgan fingerprint density at radius 2 is 1.90 bits per heavy atom. The standard InChI is InChI=1S/C16H12N2O2/c19-16(20)13-10-12-7-4-8-17-15(12)18-14(13)9-11-5-2-1-3-6-11/h1-8,10H,9H2,(H,19,20). The fraction of sp³-hybridized carbons (Fsp3) is 0.0625. The highest BCUT2D eigenvalue weighted by Crippen LogP contribution is 2.18. The second kappa shape index (κ2) is 5.09. The van der Waals surface area contributed by atoms with Crippen LogP contribution in [0.3, 0.4) is 0 Å². The minimum Gasteiger partial charge on any atom is -0.478 e. The van der Waals surface area contributed by atoms with E-state index in [4.69, 9.17) is 0 Å². The molecule has 1 aromatic carbocycles. The van der Waals surface area contributed by atoms with Gasteiger partial charge in [-0.3, -0.25) is 0 Å². The zero-order chi connectivity index (χ0) is 13.9. The molecule has 0 unspecified atom stereocenters. The average molecular weight is 264 g/mol. The normalized spacial score (nSPS) is 10.6. The van der Waals surface area contributed by atoms with Gasteiger partial charge in [0.2, 0.25) is 0 Å². The molecule has 3 aromatic rings. The fourth-order valence-electron chi connectivity index (χ4n) is 2.15. The number of fused-ring (bicyclic) bond motifs is 1. The molecule has 0 saturated carbocycles. The molecule has 3 rings (SSSR count). The second-order valence-electron chi connectivity index (χ2n) is 4.50. The Balaban J connectivity index is 2.12. The Hall–Kier alpha value is -2.75. The Labute approximate surface area is 115 Å². The van der Waals surface area contributed by atoms with Crippen molar-refractivity contribution in [3.8, 4) is 0 Å². The van der Waals surface area contributed by atoms with Gasteiger partial charge in [0, 0.05) is 18.0 Å². The van der Waals surface area contributed by atoms with Crippen LogP contribution in [0.25, 0.3) is 11.0 Å². The monoisotopic (exact) mass is 264 g/mol. The van der Waals surface area contributed by atoms with Gasteiger partial charge >= 0.3 is 5.97 Å². The summed E-state index contributed by atoms with van der Waals surface area (Å²) in [5.41, 5.74) is 2.37. The van der Waals surface area contributed by atoms with Crippen LogP contribution in [-0.4, -0.2) is 21.0 Å². The van der Waals surface area contributed by atoms with Crippen molar-refractivity contribution in [3.05, 3.63) is 71.5 Å². The number of benzene rings is 1. The van der Waals surface area contributed by atoms with Crippen LogP contribution in [-0.2, 0) is 6.42 Å². The topological polar surface area (TPSA) is 63.1 Å². The van der Waals surface area contributed by atoms with Crippen molar-refractivity contribution in [2.24, 2.45) is 0 Å². The van der Waals surface area contributed by atoms with Crippen molar-refractivity contribution in [3.63, 3.8) is 0 Å². The number of nitrogens with zero attached hydrogens (tertiary/aromatic N) is 2. The van der Waals surface area contributed by atoms with Crippen LogP contribution in [0, 0.1) is 0 Å². The van der Waals surface area contributed by atoms with E-state index in [1.165, 1.54) is 0 Å². The lowest BCUT2D eigenvalue weighted by atomic mass is 10.0.